The third-order valence-electron chi connectivity index (χ3n) is 3.13. The van der Waals surface area contributed by atoms with Gasteiger partial charge in [-0.1, -0.05) is 12.1 Å². The van der Waals surface area contributed by atoms with Crippen LogP contribution in [0.3, 0.4) is 0 Å². The Morgan fingerprint density at radius 1 is 1.19 bits per heavy atom. The first-order valence-corrected chi connectivity index (χ1v) is 7.28. The van der Waals surface area contributed by atoms with Gasteiger partial charge < -0.3 is 9.88 Å². The number of hydrogen-bond acceptors (Lipinski definition) is 2. The number of nitrogens with one attached hydrogen (secondary N) is 1. The number of nitrogens with zero attached hydrogens (tertiary/aromatic N) is 2. The van der Waals surface area contributed by atoms with Crippen LogP contribution in [0.1, 0.15) is 5.56 Å². The largest absolute Gasteiger partial charge is 0.381 e. The van der Waals surface area contributed by atoms with E-state index in [0.29, 0.717) is 11.0 Å². The summed E-state index contributed by atoms with van der Waals surface area (Å²) in [6.45, 7) is 0.567. The molecule has 0 amide bonds. The van der Waals surface area contributed by atoms with Crippen LogP contribution in [-0.2, 0) is 6.54 Å². The van der Waals surface area contributed by atoms with Crippen molar-refractivity contribution in [1.29, 1.82) is 0 Å². The monoisotopic (exact) mass is 345 g/mol. The number of aromatic nitrogens is 2. The number of imidazole rings is 1. The average Bonchev–Trinajstić information content (AvgIpc) is 3.03. The van der Waals surface area contributed by atoms with E-state index in [0.717, 1.165) is 16.9 Å². The second-order valence-corrected chi connectivity index (χ2v) is 5.48. The Morgan fingerprint density at radius 3 is 2.86 bits per heavy atom. The normalized spacial score (nSPS) is 10.6. The van der Waals surface area contributed by atoms with Gasteiger partial charge >= 0.3 is 0 Å². The van der Waals surface area contributed by atoms with E-state index in [1.54, 1.807) is 18.6 Å². The number of hydrogen-bond donors (Lipinski definition) is 1. The van der Waals surface area contributed by atoms with Gasteiger partial charge in [0.05, 0.1) is 10.8 Å². The highest BCUT2D eigenvalue weighted by molar-refractivity contribution is 9.10. The van der Waals surface area contributed by atoms with Crippen molar-refractivity contribution < 1.29 is 4.39 Å². The Bertz CT molecular complexity index is 741. The topological polar surface area (TPSA) is 29.9 Å². The fraction of sp³-hybridized carbons (Fsp3) is 0.0625. The third kappa shape index (κ3) is 3.31. The maximum atomic E-state index is 13.5. The summed E-state index contributed by atoms with van der Waals surface area (Å²) in [4.78, 5) is 4.04. The smallest absolute Gasteiger partial charge is 0.137 e. The minimum Gasteiger partial charge on any atom is -0.381 e. The molecule has 1 heterocycles. The lowest BCUT2D eigenvalue weighted by Gasteiger charge is -2.09. The Hall–Kier alpha value is -2.14. The maximum absolute atomic E-state index is 13.5. The third-order valence-corrected chi connectivity index (χ3v) is 3.77. The van der Waals surface area contributed by atoms with Gasteiger partial charge in [0.15, 0.2) is 0 Å². The van der Waals surface area contributed by atoms with Crippen molar-refractivity contribution in [3.05, 3.63) is 77.0 Å². The first-order valence-electron chi connectivity index (χ1n) is 6.48. The van der Waals surface area contributed by atoms with Gasteiger partial charge in [-0.2, -0.15) is 0 Å². The molecule has 0 bridgehead atoms. The lowest BCUT2D eigenvalue weighted by Crippen LogP contribution is -2.01. The van der Waals surface area contributed by atoms with Crippen molar-refractivity contribution in [2.45, 2.75) is 6.54 Å². The molecule has 3 rings (SSSR count). The van der Waals surface area contributed by atoms with Crippen LogP contribution in [0.15, 0.2) is 65.7 Å². The van der Waals surface area contributed by atoms with E-state index in [2.05, 4.69) is 26.2 Å². The highest BCUT2D eigenvalue weighted by Gasteiger charge is 2.02. The maximum Gasteiger partial charge on any atom is 0.137 e. The molecule has 0 fully saturated rings. The molecule has 5 heteroatoms. The van der Waals surface area contributed by atoms with Gasteiger partial charge in [-0.15, -0.1) is 0 Å². The average molecular weight is 346 g/mol. The van der Waals surface area contributed by atoms with Gasteiger partial charge in [-0.25, -0.2) is 9.37 Å². The minimum absolute atomic E-state index is 0.249. The molecular formula is C16H13BrFN3. The van der Waals surface area contributed by atoms with Gasteiger partial charge in [0, 0.05) is 30.3 Å². The molecule has 0 spiro atoms. The molecule has 0 aliphatic carbocycles. The first-order chi connectivity index (χ1) is 10.2. The van der Waals surface area contributed by atoms with E-state index < -0.39 is 0 Å². The zero-order chi connectivity index (χ0) is 14.7. The summed E-state index contributed by atoms with van der Waals surface area (Å²) >= 11 is 3.15. The molecule has 2 aromatic carbocycles. The van der Waals surface area contributed by atoms with Crippen LogP contribution in [0.2, 0.25) is 0 Å². The van der Waals surface area contributed by atoms with Gasteiger partial charge in [-0.05, 0) is 51.8 Å². The standard InChI is InChI=1S/C16H13BrFN3/c17-15-5-4-12(8-16(15)18)10-20-13-2-1-3-14(9-13)21-7-6-19-11-21/h1-9,11,20H,10H2. The lowest BCUT2D eigenvalue weighted by atomic mass is 10.2. The summed E-state index contributed by atoms with van der Waals surface area (Å²) in [6, 6.07) is 13.1. The van der Waals surface area contributed by atoms with Crippen molar-refractivity contribution in [2.24, 2.45) is 0 Å². The molecular weight excluding hydrogens is 333 g/mol. The zero-order valence-corrected chi connectivity index (χ0v) is 12.7. The van der Waals surface area contributed by atoms with E-state index in [1.165, 1.54) is 6.07 Å². The molecule has 1 aromatic heterocycles. The Labute approximate surface area is 130 Å². The molecule has 0 unspecified atom stereocenters. The zero-order valence-electron chi connectivity index (χ0n) is 11.1. The summed E-state index contributed by atoms with van der Waals surface area (Å²) in [5, 5.41) is 3.29. The van der Waals surface area contributed by atoms with Crippen LogP contribution in [0.25, 0.3) is 5.69 Å². The first kappa shape index (κ1) is 13.8. The number of halogens is 2. The number of rotatable bonds is 4. The Morgan fingerprint density at radius 2 is 2.10 bits per heavy atom. The lowest BCUT2D eigenvalue weighted by molar-refractivity contribution is 0.619. The van der Waals surface area contributed by atoms with Crippen LogP contribution < -0.4 is 5.32 Å². The molecule has 0 radical (unpaired) electrons. The summed E-state index contributed by atoms with van der Waals surface area (Å²) in [5.41, 5.74) is 2.90. The number of benzene rings is 2. The summed E-state index contributed by atoms with van der Waals surface area (Å²) in [7, 11) is 0. The summed E-state index contributed by atoms with van der Waals surface area (Å²) in [6.07, 6.45) is 5.39. The van der Waals surface area contributed by atoms with E-state index in [-0.39, 0.29) is 5.82 Å². The van der Waals surface area contributed by atoms with Crippen molar-refractivity contribution in [1.82, 2.24) is 9.55 Å². The predicted molar refractivity (Wildman–Crippen MR) is 85.0 cm³/mol. The molecule has 0 atom stereocenters. The van der Waals surface area contributed by atoms with Crippen molar-refractivity contribution in [3.8, 4) is 5.69 Å². The fourth-order valence-electron chi connectivity index (χ4n) is 2.04. The van der Waals surface area contributed by atoms with Crippen molar-refractivity contribution in [2.75, 3.05) is 5.32 Å². The van der Waals surface area contributed by atoms with E-state index in [4.69, 9.17) is 0 Å². The van der Waals surface area contributed by atoms with Crippen molar-refractivity contribution in [3.63, 3.8) is 0 Å². The van der Waals surface area contributed by atoms with Gasteiger partial charge in [0.2, 0.25) is 0 Å². The molecule has 0 saturated carbocycles. The van der Waals surface area contributed by atoms with E-state index in [1.807, 2.05) is 41.1 Å². The highest BCUT2D eigenvalue weighted by atomic mass is 79.9. The predicted octanol–water partition coefficient (Wildman–Crippen LogP) is 4.39. The molecule has 21 heavy (non-hydrogen) atoms. The van der Waals surface area contributed by atoms with Crippen LogP contribution in [-0.4, -0.2) is 9.55 Å². The molecule has 0 aliphatic rings. The quantitative estimate of drug-likeness (QED) is 0.760. The van der Waals surface area contributed by atoms with Crippen LogP contribution in [0.4, 0.5) is 10.1 Å². The number of anilines is 1. The second-order valence-electron chi connectivity index (χ2n) is 4.62. The second kappa shape index (κ2) is 6.10. The van der Waals surface area contributed by atoms with E-state index >= 15 is 0 Å². The van der Waals surface area contributed by atoms with Crippen molar-refractivity contribution >= 4 is 21.6 Å². The molecule has 0 saturated heterocycles. The minimum atomic E-state index is -0.249. The van der Waals surface area contributed by atoms with Gasteiger partial charge in [0.1, 0.15) is 5.82 Å². The molecule has 1 N–H and O–H groups in total. The van der Waals surface area contributed by atoms with Crippen LogP contribution in [0, 0.1) is 5.82 Å². The molecule has 3 nitrogen and oxygen atoms in total. The Balaban J connectivity index is 1.73. The van der Waals surface area contributed by atoms with E-state index in [9.17, 15) is 4.39 Å². The van der Waals surface area contributed by atoms with Crippen LogP contribution in [0.5, 0.6) is 0 Å². The molecule has 0 aliphatic heterocycles. The molecule has 106 valence electrons. The Kier molecular flexibility index (Phi) is 4.01. The summed E-state index contributed by atoms with van der Waals surface area (Å²) < 4.78 is 15.9. The molecule has 3 aromatic rings. The SMILES string of the molecule is Fc1cc(CNc2cccc(-n3ccnc3)c2)ccc1Br. The van der Waals surface area contributed by atoms with Gasteiger partial charge in [-0.3, -0.25) is 0 Å². The highest BCUT2D eigenvalue weighted by Crippen LogP contribution is 2.18. The van der Waals surface area contributed by atoms with Gasteiger partial charge in [0.25, 0.3) is 0 Å². The fourth-order valence-corrected chi connectivity index (χ4v) is 2.29. The summed E-state index contributed by atoms with van der Waals surface area (Å²) in [5.74, 6) is -0.249. The van der Waals surface area contributed by atoms with Crippen LogP contribution >= 0.6 is 15.9 Å².